The molecule has 0 aromatic carbocycles. The number of rotatable bonds is 7. The third kappa shape index (κ3) is 3.11. The van der Waals surface area contributed by atoms with Gasteiger partial charge >= 0.3 is 5.97 Å². The van der Waals surface area contributed by atoms with Crippen LogP contribution in [-0.4, -0.2) is 35.0 Å². The lowest BCUT2D eigenvalue weighted by Crippen LogP contribution is -2.35. The average molecular weight is 277 g/mol. The molecule has 1 heterocycles. The lowest BCUT2D eigenvalue weighted by molar-refractivity contribution is -0.143. The molecule has 20 heavy (non-hydrogen) atoms. The summed E-state index contributed by atoms with van der Waals surface area (Å²) in [5.41, 5.74) is 0. The van der Waals surface area contributed by atoms with Gasteiger partial charge in [0.15, 0.2) is 0 Å². The van der Waals surface area contributed by atoms with Crippen LogP contribution in [-0.2, 0) is 9.59 Å². The van der Waals surface area contributed by atoms with Crippen molar-refractivity contribution in [1.29, 1.82) is 0 Å². The third-order valence-corrected chi connectivity index (χ3v) is 4.47. The highest BCUT2D eigenvalue weighted by Crippen LogP contribution is 2.44. The average Bonchev–Trinajstić information content (AvgIpc) is 3.16. The summed E-state index contributed by atoms with van der Waals surface area (Å²) in [7, 11) is 0. The van der Waals surface area contributed by atoms with Gasteiger partial charge < -0.3 is 10.0 Å². The van der Waals surface area contributed by atoms with Gasteiger partial charge in [0.1, 0.15) is 0 Å². The number of nitrogens with zero attached hydrogens (tertiary/aromatic N) is 1. The van der Waals surface area contributed by atoms with E-state index >= 15 is 0 Å². The maximum absolute atomic E-state index is 12.5. The molecule has 0 unspecified atom stereocenters. The summed E-state index contributed by atoms with van der Waals surface area (Å²) in [6.07, 6.45) is 6.95. The first-order valence-electron chi connectivity index (χ1n) is 7.31. The SMILES string of the molecule is C=CCC(CC=C)C(=O)N1C[C@H](C(=O)O)[C@@H](C2CC2)C1. The largest absolute Gasteiger partial charge is 0.481 e. The summed E-state index contributed by atoms with van der Waals surface area (Å²) >= 11 is 0. The minimum Gasteiger partial charge on any atom is -0.481 e. The molecule has 0 spiro atoms. The first-order valence-corrected chi connectivity index (χ1v) is 7.31. The molecule has 0 aromatic heterocycles. The van der Waals surface area contributed by atoms with E-state index in [0.717, 1.165) is 12.8 Å². The first kappa shape index (κ1) is 14.8. The Kier molecular flexibility index (Phi) is 4.63. The highest BCUT2D eigenvalue weighted by Gasteiger charge is 2.47. The second-order valence-corrected chi connectivity index (χ2v) is 5.93. The van der Waals surface area contributed by atoms with Crippen LogP contribution in [0.5, 0.6) is 0 Å². The molecule has 2 rings (SSSR count). The van der Waals surface area contributed by atoms with Crippen LogP contribution in [0.1, 0.15) is 25.7 Å². The van der Waals surface area contributed by atoms with Crippen molar-refractivity contribution in [3.63, 3.8) is 0 Å². The predicted molar refractivity (Wildman–Crippen MR) is 77.0 cm³/mol. The number of allylic oxidation sites excluding steroid dienone is 2. The van der Waals surface area contributed by atoms with Crippen molar-refractivity contribution in [2.24, 2.45) is 23.7 Å². The van der Waals surface area contributed by atoms with E-state index in [1.165, 1.54) is 0 Å². The molecule has 2 fully saturated rings. The fraction of sp³-hybridized carbons (Fsp3) is 0.625. The zero-order chi connectivity index (χ0) is 14.7. The second kappa shape index (κ2) is 6.25. The van der Waals surface area contributed by atoms with E-state index < -0.39 is 5.97 Å². The maximum Gasteiger partial charge on any atom is 0.308 e. The molecule has 110 valence electrons. The topological polar surface area (TPSA) is 57.6 Å². The van der Waals surface area contributed by atoms with Crippen LogP contribution >= 0.6 is 0 Å². The third-order valence-electron chi connectivity index (χ3n) is 4.47. The highest BCUT2D eigenvalue weighted by molar-refractivity contribution is 5.81. The molecule has 1 amide bonds. The molecule has 0 aromatic rings. The van der Waals surface area contributed by atoms with E-state index in [-0.39, 0.29) is 23.7 Å². The minimum atomic E-state index is -0.763. The molecule has 4 nitrogen and oxygen atoms in total. The fourth-order valence-electron chi connectivity index (χ4n) is 3.23. The molecule has 1 aliphatic carbocycles. The Hall–Kier alpha value is -1.58. The van der Waals surface area contributed by atoms with Gasteiger partial charge in [-0.25, -0.2) is 0 Å². The van der Waals surface area contributed by atoms with E-state index in [2.05, 4.69) is 13.2 Å². The van der Waals surface area contributed by atoms with Crippen LogP contribution in [0.2, 0.25) is 0 Å². The molecular weight excluding hydrogens is 254 g/mol. The fourth-order valence-corrected chi connectivity index (χ4v) is 3.23. The van der Waals surface area contributed by atoms with Gasteiger partial charge in [-0.3, -0.25) is 9.59 Å². The van der Waals surface area contributed by atoms with E-state index in [1.807, 2.05) is 0 Å². The number of carbonyl (C=O) groups excluding carboxylic acids is 1. The van der Waals surface area contributed by atoms with Gasteiger partial charge in [0, 0.05) is 19.0 Å². The first-order chi connectivity index (χ1) is 9.58. The van der Waals surface area contributed by atoms with Gasteiger partial charge in [0.2, 0.25) is 5.91 Å². The molecule has 2 aliphatic rings. The minimum absolute atomic E-state index is 0.0548. The van der Waals surface area contributed by atoms with E-state index in [0.29, 0.717) is 31.8 Å². The summed E-state index contributed by atoms with van der Waals surface area (Å²) < 4.78 is 0. The molecule has 1 saturated heterocycles. The molecule has 0 bridgehead atoms. The lowest BCUT2D eigenvalue weighted by atomic mass is 9.92. The van der Waals surface area contributed by atoms with Crippen LogP contribution in [0.15, 0.2) is 25.3 Å². The Morgan fingerprint density at radius 3 is 2.25 bits per heavy atom. The van der Waals surface area contributed by atoms with Crippen LogP contribution in [0.3, 0.4) is 0 Å². The Labute approximate surface area is 120 Å². The number of amides is 1. The molecule has 1 N–H and O–H groups in total. The number of carbonyl (C=O) groups is 2. The van der Waals surface area contributed by atoms with Crippen LogP contribution in [0, 0.1) is 23.7 Å². The van der Waals surface area contributed by atoms with Crippen LogP contribution in [0.4, 0.5) is 0 Å². The molecule has 0 radical (unpaired) electrons. The van der Waals surface area contributed by atoms with Gasteiger partial charge in [-0.05, 0) is 37.5 Å². The van der Waals surface area contributed by atoms with E-state index in [4.69, 9.17) is 0 Å². The summed E-state index contributed by atoms with van der Waals surface area (Å²) in [6, 6.07) is 0. The zero-order valence-electron chi connectivity index (χ0n) is 11.8. The number of carboxylic acid groups (broad SMARTS) is 1. The lowest BCUT2D eigenvalue weighted by Gasteiger charge is -2.22. The molecule has 1 saturated carbocycles. The Bertz CT molecular complexity index is 404. The predicted octanol–water partition coefficient (Wildman–Crippen LogP) is 2.32. The van der Waals surface area contributed by atoms with Gasteiger partial charge in [-0.1, -0.05) is 12.2 Å². The van der Waals surface area contributed by atoms with Crippen LogP contribution < -0.4 is 0 Å². The molecular formula is C16H23NO3. The second-order valence-electron chi connectivity index (χ2n) is 5.93. The van der Waals surface area contributed by atoms with Crippen molar-refractivity contribution < 1.29 is 14.7 Å². The number of aliphatic carboxylic acids is 1. The van der Waals surface area contributed by atoms with Crippen molar-refractivity contribution in [2.75, 3.05) is 13.1 Å². The Morgan fingerprint density at radius 1 is 1.20 bits per heavy atom. The number of hydrogen-bond donors (Lipinski definition) is 1. The molecule has 2 atom stereocenters. The van der Waals surface area contributed by atoms with Gasteiger partial charge in [-0.2, -0.15) is 0 Å². The van der Waals surface area contributed by atoms with Gasteiger partial charge in [-0.15, -0.1) is 13.2 Å². The quantitative estimate of drug-likeness (QED) is 0.727. The normalized spacial score (nSPS) is 25.8. The summed E-state index contributed by atoms with van der Waals surface area (Å²) in [5, 5.41) is 9.33. The van der Waals surface area contributed by atoms with Crippen molar-refractivity contribution in [2.45, 2.75) is 25.7 Å². The Morgan fingerprint density at radius 2 is 1.80 bits per heavy atom. The zero-order valence-corrected chi connectivity index (χ0v) is 11.8. The maximum atomic E-state index is 12.5. The van der Waals surface area contributed by atoms with Crippen molar-refractivity contribution in [3.8, 4) is 0 Å². The summed E-state index contributed by atoms with van der Waals surface area (Å²) in [5.74, 6) is -0.590. The van der Waals surface area contributed by atoms with Crippen molar-refractivity contribution in [1.82, 2.24) is 4.90 Å². The molecule has 1 aliphatic heterocycles. The number of likely N-dealkylation sites (tertiary alicyclic amines) is 1. The van der Waals surface area contributed by atoms with E-state index in [9.17, 15) is 14.7 Å². The summed E-state index contributed by atoms with van der Waals surface area (Å²) in [6.45, 7) is 8.34. The molecule has 4 heteroatoms. The highest BCUT2D eigenvalue weighted by atomic mass is 16.4. The smallest absolute Gasteiger partial charge is 0.308 e. The van der Waals surface area contributed by atoms with Crippen molar-refractivity contribution >= 4 is 11.9 Å². The van der Waals surface area contributed by atoms with Crippen LogP contribution in [0.25, 0.3) is 0 Å². The Balaban J connectivity index is 2.04. The van der Waals surface area contributed by atoms with Gasteiger partial charge in [0.25, 0.3) is 0 Å². The number of hydrogen-bond acceptors (Lipinski definition) is 2. The standard InChI is InChI=1S/C16H23NO3/c1-3-5-12(6-4-2)15(18)17-9-13(11-7-8-11)14(10-17)16(19)20/h3-4,11-14H,1-2,5-10H2,(H,19,20)/t13-,14+/m1/s1. The van der Waals surface area contributed by atoms with E-state index in [1.54, 1.807) is 17.1 Å². The van der Waals surface area contributed by atoms with Crippen molar-refractivity contribution in [3.05, 3.63) is 25.3 Å². The van der Waals surface area contributed by atoms with Gasteiger partial charge in [0.05, 0.1) is 5.92 Å². The monoisotopic (exact) mass is 277 g/mol. The number of carboxylic acids is 1. The summed E-state index contributed by atoms with van der Waals surface area (Å²) in [4.78, 5) is 25.6.